The second-order valence-electron chi connectivity index (χ2n) is 5.25. The van der Waals surface area contributed by atoms with Gasteiger partial charge in [-0.05, 0) is 37.1 Å². The SMILES string of the molecule is COc1ccc(-c2nnc(-c3cnc(C4CC4)nc3)o2)cc1. The van der Waals surface area contributed by atoms with Crippen LogP contribution in [-0.4, -0.2) is 27.3 Å². The van der Waals surface area contributed by atoms with Gasteiger partial charge in [-0.1, -0.05) is 0 Å². The molecule has 3 aromatic rings. The Morgan fingerprint density at radius 2 is 1.59 bits per heavy atom. The van der Waals surface area contributed by atoms with Crippen LogP contribution in [0.15, 0.2) is 41.1 Å². The fourth-order valence-corrected chi connectivity index (χ4v) is 2.19. The Morgan fingerprint density at radius 1 is 0.955 bits per heavy atom. The summed E-state index contributed by atoms with van der Waals surface area (Å²) in [5, 5.41) is 8.14. The number of rotatable bonds is 4. The molecular weight excluding hydrogens is 280 g/mol. The van der Waals surface area contributed by atoms with Crippen molar-refractivity contribution in [3.63, 3.8) is 0 Å². The van der Waals surface area contributed by atoms with Crippen LogP contribution in [0.4, 0.5) is 0 Å². The summed E-state index contributed by atoms with van der Waals surface area (Å²) in [6, 6.07) is 7.46. The van der Waals surface area contributed by atoms with Crippen LogP contribution in [0.25, 0.3) is 22.9 Å². The van der Waals surface area contributed by atoms with Crippen molar-refractivity contribution in [3.8, 4) is 28.7 Å². The number of hydrogen-bond acceptors (Lipinski definition) is 6. The van der Waals surface area contributed by atoms with Crippen LogP contribution in [0, 0.1) is 0 Å². The van der Waals surface area contributed by atoms with Crippen molar-refractivity contribution in [1.82, 2.24) is 20.2 Å². The van der Waals surface area contributed by atoms with Gasteiger partial charge in [-0.2, -0.15) is 0 Å². The first-order valence-electron chi connectivity index (χ1n) is 7.14. The van der Waals surface area contributed by atoms with Gasteiger partial charge >= 0.3 is 0 Å². The molecule has 1 aromatic carbocycles. The van der Waals surface area contributed by atoms with Crippen LogP contribution in [0.2, 0.25) is 0 Å². The molecule has 0 atom stereocenters. The molecule has 0 amide bonds. The molecule has 0 unspecified atom stereocenters. The first kappa shape index (κ1) is 12.9. The van der Waals surface area contributed by atoms with E-state index < -0.39 is 0 Å². The van der Waals surface area contributed by atoms with Crippen LogP contribution in [0.1, 0.15) is 24.6 Å². The summed E-state index contributed by atoms with van der Waals surface area (Å²) in [4.78, 5) is 8.73. The van der Waals surface area contributed by atoms with E-state index in [0.29, 0.717) is 17.7 Å². The van der Waals surface area contributed by atoms with Crippen molar-refractivity contribution in [3.05, 3.63) is 42.5 Å². The fourth-order valence-electron chi connectivity index (χ4n) is 2.19. The molecule has 1 saturated carbocycles. The molecule has 4 rings (SSSR count). The van der Waals surface area contributed by atoms with Crippen molar-refractivity contribution in [2.75, 3.05) is 7.11 Å². The van der Waals surface area contributed by atoms with E-state index in [0.717, 1.165) is 22.7 Å². The van der Waals surface area contributed by atoms with E-state index in [1.807, 2.05) is 24.3 Å². The fraction of sp³-hybridized carbons (Fsp3) is 0.250. The third kappa shape index (κ3) is 2.43. The van der Waals surface area contributed by atoms with E-state index in [-0.39, 0.29) is 0 Å². The Balaban J connectivity index is 1.59. The number of methoxy groups -OCH3 is 1. The zero-order valence-electron chi connectivity index (χ0n) is 12.1. The van der Waals surface area contributed by atoms with Gasteiger partial charge in [-0.25, -0.2) is 9.97 Å². The molecule has 0 aliphatic heterocycles. The Labute approximate surface area is 127 Å². The lowest BCUT2D eigenvalue weighted by molar-refractivity contribution is 0.415. The maximum Gasteiger partial charge on any atom is 0.251 e. The molecule has 0 spiro atoms. The highest BCUT2D eigenvalue weighted by Gasteiger charge is 2.26. The summed E-state index contributed by atoms with van der Waals surface area (Å²) in [5.41, 5.74) is 1.58. The van der Waals surface area contributed by atoms with Gasteiger partial charge in [-0.15, -0.1) is 10.2 Å². The molecule has 6 nitrogen and oxygen atoms in total. The first-order valence-corrected chi connectivity index (χ1v) is 7.14. The van der Waals surface area contributed by atoms with Gasteiger partial charge in [0.25, 0.3) is 5.89 Å². The molecule has 1 aliphatic rings. The molecule has 2 aromatic heterocycles. The monoisotopic (exact) mass is 294 g/mol. The average Bonchev–Trinajstić information content (AvgIpc) is 3.32. The lowest BCUT2D eigenvalue weighted by Gasteiger charge is -1.99. The molecule has 22 heavy (non-hydrogen) atoms. The van der Waals surface area contributed by atoms with Crippen molar-refractivity contribution in [1.29, 1.82) is 0 Å². The number of benzene rings is 1. The molecular formula is C16H14N4O2. The van der Waals surface area contributed by atoms with Crippen molar-refractivity contribution < 1.29 is 9.15 Å². The lowest BCUT2D eigenvalue weighted by atomic mass is 10.2. The minimum absolute atomic E-state index is 0.424. The topological polar surface area (TPSA) is 73.9 Å². The summed E-state index contributed by atoms with van der Waals surface area (Å²) < 4.78 is 10.8. The van der Waals surface area contributed by atoms with Crippen LogP contribution in [0.3, 0.4) is 0 Å². The van der Waals surface area contributed by atoms with E-state index in [9.17, 15) is 0 Å². The summed E-state index contributed by atoms with van der Waals surface area (Å²) >= 11 is 0. The summed E-state index contributed by atoms with van der Waals surface area (Å²) in [7, 11) is 1.63. The molecule has 110 valence electrons. The van der Waals surface area contributed by atoms with Crippen LogP contribution in [0.5, 0.6) is 5.75 Å². The van der Waals surface area contributed by atoms with Crippen LogP contribution < -0.4 is 4.74 Å². The highest BCUT2D eigenvalue weighted by molar-refractivity contribution is 5.57. The molecule has 0 N–H and O–H groups in total. The van der Waals surface area contributed by atoms with Gasteiger partial charge in [0.1, 0.15) is 11.6 Å². The summed E-state index contributed by atoms with van der Waals surface area (Å²) in [6.07, 6.45) is 5.85. The Hall–Kier alpha value is -2.76. The molecule has 2 heterocycles. The Bertz CT molecular complexity index is 777. The lowest BCUT2D eigenvalue weighted by Crippen LogP contribution is -1.91. The smallest absolute Gasteiger partial charge is 0.251 e. The van der Waals surface area contributed by atoms with E-state index >= 15 is 0 Å². The van der Waals surface area contributed by atoms with E-state index in [1.54, 1.807) is 19.5 Å². The van der Waals surface area contributed by atoms with Crippen molar-refractivity contribution in [2.24, 2.45) is 0 Å². The first-order chi connectivity index (χ1) is 10.8. The zero-order chi connectivity index (χ0) is 14.9. The number of hydrogen-bond donors (Lipinski definition) is 0. The standard InChI is InChI=1S/C16H14N4O2/c1-21-13-6-4-11(5-7-13)15-19-20-16(22-15)12-8-17-14(18-9-12)10-2-3-10/h4-10H,2-3H2,1H3. The van der Waals surface area contributed by atoms with Gasteiger partial charge in [0.2, 0.25) is 5.89 Å². The van der Waals surface area contributed by atoms with Crippen LogP contribution >= 0.6 is 0 Å². The molecule has 0 radical (unpaired) electrons. The van der Waals surface area contributed by atoms with Crippen LogP contribution in [-0.2, 0) is 0 Å². The molecule has 0 bridgehead atoms. The third-order valence-electron chi connectivity index (χ3n) is 3.62. The normalized spacial score (nSPS) is 14.0. The predicted octanol–water partition coefficient (Wildman–Crippen LogP) is 3.08. The second kappa shape index (κ2) is 5.22. The predicted molar refractivity (Wildman–Crippen MR) is 79.3 cm³/mol. The molecule has 0 saturated heterocycles. The summed E-state index contributed by atoms with van der Waals surface area (Å²) in [6.45, 7) is 0. The molecule has 6 heteroatoms. The Morgan fingerprint density at radius 3 is 2.18 bits per heavy atom. The van der Waals surface area contributed by atoms with Gasteiger partial charge in [0.05, 0.1) is 12.7 Å². The maximum absolute atomic E-state index is 5.70. The van der Waals surface area contributed by atoms with E-state index in [1.165, 1.54) is 12.8 Å². The summed E-state index contributed by atoms with van der Waals surface area (Å²) in [5.74, 6) is 3.11. The largest absolute Gasteiger partial charge is 0.497 e. The minimum Gasteiger partial charge on any atom is -0.497 e. The number of nitrogens with zero attached hydrogens (tertiary/aromatic N) is 4. The maximum atomic E-state index is 5.70. The minimum atomic E-state index is 0.424. The number of aromatic nitrogens is 4. The van der Waals surface area contributed by atoms with Crippen molar-refractivity contribution in [2.45, 2.75) is 18.8 Å². The van der Waals surface area contributed by atoms with E-state index in [4.69, 9.17) is 9.15 Å². The van der Waals surface area contributed by atoms with Gasteiger partial charge in [0, 0.05) is 23.9 Å². The number of ether oxygens (including phenoxy) is 1. The molecule has 1 fully saturated rings. The second-order valence-corrected chi connectivity index (χ2v) is 5.25. The molecule has 1 aliphatic carbocycles. The van der Waals surface area contributed by atoms with Gasteiger partial charge in [-0.3, -0.25) is 0 Å². The highest BCUT2D eigenvalue weighted by Crippen LogP contribution is 2.38. The third-order valence-corrected chi connectivity index (χ3v) is 3.62. The quantitative estimate of drug-likeness (QED) is 0.736. The van der Waals surface area contributed by atoms with E-state index in [2.05, 4.69) is 20.2 Å². The average molecular weight is 294 g/mol. The van der Waals surface area contributed by atoms with Gasteiger partial charge < -0.3 is 9.15 Å². The Kier molecular flexibility index (Phi) is 3.07. The zero-order valence-corrected chi connectivity index (χ0v) is 12.1. The highest BCUT2D eigenvalue weighted by atomic mass is 16.5. The van der Waals surface area contributed by atoms with Crippen molar-refractivity contribution >= 4 is 0 Å². The van der Waals surface area contributed by atoms with Gasteiger partial charge in [0.15, 0.2) is 0 Å².